The van der Waals surface area contributed by atoms with Gasteiger partial charge in [-0.05, 0) is 6.07 Å². The number of furan rings is 1. The van der Waals surface area contributed by atoms with Crippen LogP contribution in [0.25, 0.3) is 0 Å². The second-order valence-electron chi connectivity index (χ2n) is 3.31. The van der Waals surface area contributed by atoms with Gasteiger partial charge in [-0.1, -0.05) is 5.21 Å². The number of nitrogens with zero attached hydrogens (tertiary/aromatic N) is 3. The second kappa shape index (κ2) is 4.09. The van der Waals surface area contributed by atoms with E-state index < -0.39 is 0 Å². The number of Topliss-reactive ketones (excluding diaryl/α,β-unsaturated/α-hetero) is 2. The van der Waals surface area contributed by atoms with Gasteiger partial charge in [-0.15, -0.1) is 5.10 Å². The standard InChI is InChI=1S/C10H9N3O3/c1-13-5-8(11-12-13)10(15)4-9(14)7-2-3-16-6-7/h2-3,5-6H,4H2,1H3. The number of carbonyl (C=O) groups excluding carboxylic acids is 2. The molecule has 2 aromatic heterocycles. The van der Waals surface area contributed by atoms with Gasteiger partial charge in [0.1, 0.15) is 12.0 Å². The summed E-state index contributed by atoms with van der Waals surface area (Å²) in [6.07, 6.45) is 3.95. The topological polar surface area (TPSA) is 78.0 Å². The molecule has 2 heterocycles. The summed E-state index contributed by atoms with van der Waals surface area (Å²) in [5, 5.41) is 7.26. The van der Waals surface area contributed by atoms with Crippen molar-refractivity contribution in [3.8, 4) is 0 Å². The maximum atomic E-state index is 11.6. The zero-order valence-electron chi connectivity index (χ0n) is 8.58. The molecular weight excluding hydrogens is 210 g/mol. The van der Waals surface area contributed by atoms with Crippen LogP contribution in [0, 0.1) is 0 Å². The van der Waals surface area contributed by atoms with E-state index in [1.807, 2.05) is 0 Å². The Labute approximate surface area is 90.9 Å². The summed E-state index contributed by atoms with van der Waals surface area (Å²) in [5.41, 5.74) is 0.580. The fourth-order valence-electron chi connectivity index (χ4n) is 1.24. The van der Waals surface area contributed by atoms with Crippen molar-refractivity contribution in [3.05, 3.63) is 36.0 Å². The first-order valence-corrected chi connectivity index (χ1v) is 4.62. The van der Waals surface area contributed by atoms with Gasteiger partial charge < -0.3 is 4.42 Å². The molecule has 6 nitrogen and oxygen atoms in total. The van der Waals surface area contributed by atoms with Crippen molar-refractivity contribution in [2.75, 3.05) is 0 Å². The molecule has 0 aliphatic heterocycles. The first-order valence-electron chi connectivity index (χ1n) is 4.62. The molecule has 0 unspecified atom stereocenters. The zero-order valence-corrected chi connectivity index (χ0v) is 8.58. The smallest absolute Gasteiger partial charge is 0.192 e. The number of hydrogen-bond donors (Lipinski definition) is 0. The Morgan fingerprint density at radius 2 is 2.25 bits per heavy atom. The molecule has 16 heavy (non-hydrogen) atoms. The van der Waals surface area contributed by atoms with E-state index >= 15 is 0 Å². The molecule has 2 rings (SSSR count). The van der Waals surface area contributed by atoms with Crippen molar-refractivity contribution < 1.29 is 14.0 Å². The van der Waals surface area contributed by atoms with Crippen LogP contribution in [0.5, 0.6) is 0 Å². The molecule has 2 aromatic rings. The van der Waals surface area contributed by atoms with E-state index in [4.69, 9.17) is 4.42 Å². The molecule has 0 aromatic carbocycles. The summed E-state index contributed by atoms with van der Waals surface area (Å²) in [6.45, 7) is 0. The third-order valence-electron chi connectivity index (χ3n) is 2.05. The zero-order chi connectivity index (χ0) is 11.5. The highest BCUT2D eigenvalue weighted by Gasteiger charge is 2.16. The normalized spacial score (nSPS) is 10.3. The van der Waals surface area contributed by atoms with E-state index in [1.165, 1.54) is 29.5 Å². The van der Waals surface area contributed by atoms with Crippen LogP contribution in [-0.2, 0) is 7.05 Å². The summed E-state index contributed by atoms with van der Waals surface area (Å²) < 4.78 is 6.18. The Balaban J connectivity index is 2.06. The molecule has 0 amide bonds. The van der Waals surface area contributed by atoms with Gasteiger partial charge in [0.25, 0.3) is 0 Å². The van der Waals surface area contributed by atoms with E-state index in [0.717, 1.165) is 0 Å². The largest absolute Gasteiger partial charge is 0.472 e. The van der Waals surface area contributed by atoms with E-state index in [-0.39, 0.29) is 23.7 Å². The first-order chi connectivity index (χ1) is 7.66. The van der Waals surface area contributed by atoms with E-state index in [2.05, 4.69) is 10.3 Å². The predicted octanol–water partition coefficient (Wildman–Crippen LogP) is 0.864. The Kier molecular flexibility index (Phi) is 2.63. The van der Waals surface area contributed by atoms with Gasteiger partial charge in [0.2, 0.25) is 0 Å². The Bertz CT molecular complexity index is 513. The highest BCUT2D eigenvalue weighted by molar-refractivity contribution is 6.12. The van der Waals surface area contributed by atoms with Gasteiger partial charge in [0.05, 0.1) is 24.4 Å². The third-order valence-corrected chi connectivity index (χ3v) is 2.05. The predicted molar refractivity (Wildman–Crippen MR) is 53.0 cm³/mol. The minimum absolute atomic E-state index is 0.194. The summed E-state index contributed by atoms with van der Waals surface area (Å²) in [6, 6.07) is 1.52. The SMILES string of the molecule is Cn1cc(C(=O)CC(=O)c2ccoc2)nn1. The lowest BCUT2D eigenvalue weighted by molar-refractivity contribution is 0.0891. The number of hydrogen-bond acceptors (Lipinski definition) is 5. The van der Waals surface area contributed by atoms with Crippen LogP contribution in [0.2, 0.25) is 0 Å². The van der Waals surface area contributed by atoms with Crippen molar-refractivity contribution in [2.24, 2.45) is 7.05 Å². The van der Waals surface area contributed by atoms with Gasteiger partial charge in [0, 0.05) is 7.05 Å². The van der Waals surface area contributed by atoms with Crippen molar-refractivity contribution in [1.82, 2.24) is 15.0 Å². The van der Waals surface area contributed by atoms with Gasteiger partial charge in [-0.25, -0.2) is 0 Å². The van der Waals surface area contributed by atoms with Crippen LogP contribution in [-0.4, -0.2) is 26.6 Å². The summed E-state index contributed by atoms with van der Waals surface area (Å²) in [7, 11) is 1.65. The maximum Gasteiger partial charge on any atom is 0.192 e. The molecule has 0 saturated heterocycles. The average Bonchev–Trinajstić information content (AvgIpc) is 2.87. The molecule has 0 aliphatic carbocycles. The highest BCUT2D eigenvalue weighted by Crippen LogP contribution is 2.07. The number of aryl methyl sites for hydroxylation is 1. The molecule has 82 valence electrons. The molecule has 6 heteroatoms. The lowest BCUT2D eigenvalue weighted by Gasteiger charge is -1.93. The van der Waals surface area contributed by atoms with Crippen LogP contribution in [0.4, 0.5) is 0 Å². The van der Waals surface area contributed by atoms with Crippen LogP contribution in [0.1, 0.15) is 27.3 Å². The van der Waals surface area contributed by atoms with Crippen LogP contribution >= 0.6 is 0 Å². The average molecular weight is 219 g/mol. The van der Waals surface area contributed by atoms with Gasteiger partial charge in [-0.3, -0.25) is 14.3 Å². The van der Waals surface area contributed by atoms with Crippen molar-refractivity contribution in [1.29, 1.82) is 0 Å². The Morgan fingerprint density at radius 3 is 2.81 bits per heavy atom. The molecule has 0 radical (unpaired) electrons. The monoisotopic (exact) mass is 219 g/mol. The molecule has 0 saturated carbocycles. The second-order valence-corrected chi connectivity index (χ2v) is 3.31. The Hall–Kier alpha value is -2.24. The summed E-state index contributed by atoms with van der Waals surface area (Å²) in [4.78, 5) is 23.2. The Morgan fingerprint density at radius 1 is 1.44 bits per heavy atom. The fourth-order valence-corrected chi connectivity index (χ4v) is 1.24. The molecule has 0 atom stereocenters. The quantitative estimate of drug-likeness (QED) is 0.563. The number of ketones is 2. The van der Waals surface area contributed by atoms with E-state index in [0.29, 0.717) is 5.56 Å². The van der Waals surface area contributed by atoms with E-state index in [9.17, 15) is 9.59 Å². The summed E-state index contributed by atoms with van der Waals surface area (Å²) >= 11 is 0. The number of rotatable bonds is 4. The van der Waals surface area contributed by atoms with Crippen LogP contribution < -0.4 is 0 Å². The lowest BCUT2D eigenvalue weighted by atomic mass is 10.1. The minimum Gasteiger partial charge on any atom is -0.472 e. The fraction of sp³-hybridized carbons (Fsp3) is 0.200. The van der Waals surface area contributed by atoms with E-state index in [1.54, 1.807) is 7.05 Å². The van der Waals surface area contributed by atoms with Crippen LogP contribution in [0.3, 0.4) is 0 Å². The van der Waals surface area contributed by atoms with Gasteiger partial charge in [-0.2, -0.15) is 0 Å². The lowest BCUT2D eigenvalue weighted by Crippen LogP contribution is -2.08. The minimum atomic E-state index is -0.348. The molecule has 0 aliphatic rings. The molecular formula is C10H9N3O3. The highest BCUT2D eigenvalue weighted by atomic mass is 16.3. The first kappa shape index (κ1) is 10.3. The maximum absolute atomic E-state index is 11.6. The summed E-state index contributed by atoms with van der Waals surface area (Å²) in [5.74, 6) is -0.635. The molecule has 0 bridgehead atoms. The van der Waals surface area contributed by atoms with Gasteiger partial charge >= 0.3 is 0 Å². The number of aromatic nitrogens is 3. The molecule has 0 spiro atoms. The molecule has 0 N–H and O–H groups in total. The van der Waals surface area contributed by atoms with Crippen molar-refractivity contribution >= 4 is 11.6 Å². The van der Waals surface area contributed by atoms with Crippen molar-refractivity contribution in [2.45, 2.75) is 6.42 Å². The molecule has 0 fully saturated rings. The van der Waals surface area contributed by atoms with Crippen molar-refractivity contribution in [3.63, 3.8) is 0 Å². The number of carbonyl (C=O) groups is 2. The van der Waals surface area contributed by atoms with Crippen LogP contribution in [0.15, 0.2) is 29.2 Å². The van der Waals surface area contributed by atoms with Gasteiger partial charge in [0.15, 0.2) is 11.6 Å². The third kappa shape index (κ3) is 2.05.